The van der Waals surface area contributed by atoms with Crippen LogP contribution in [0.15, 0.2) is 54.6 Å². The van der Waals surface area contributed by atoms with E-state index in [1.165, 1.54) is 24.3 Å². The number of nitrogens with zero attached hydrogens (tertiary/aromatic N) is 2. The van der Waals surface area contributed by atoms with Crippen LogP contribution in [0.2, 0.25) is 0 Å². The zero-order valence-corrected chi connectivity index (χ0v) is 12.1. The highest BCUT2D eigenvalue weighted by Crippen LogP contribution is 2.24. The molecule has 118 valence electrons. The van der Waals surface area contributed by atoms with Crippen LogP contribution in [-0.4, -0.2) is 22.2 Å². The molecule has 0 aromatic heterocycles. The van der Waals surface area contributed by atoms with Gasteiger partial charge in [-0.25, -0.2) is 0 Å². The van der Waals surface area contributed by atoms with E-state index in [1.807, 2.05) is 0 Å². The molecule has 0 aliphatic rings. The van der Waals surface area contributed by atoms with E-state index in [2.05, 4.69) is 0 Å². The van der Waals surface area contributed by atoms with E-state index >= 15 is 0 Å². The fourth-order valence-corrected chi connectivity index (χ4v) is 2.30. The molecule has 0 saturated carbocycles. The highest BCUT2D eigenvalue weighted by Gasteiger charge is 2.22. The molecule has 2 aromatic rings. The van der Waals surface area contributed by atoms with Gasteiger partial charge in [-0.15, -0.1) is 0 Å². The summed E-state index contributed by atoms with van der Waals surface area (Å²) in [6, 6.07) is 14.0. The van der Waals surface area contributed by atoms with Crippen LogP contribution in [0, 0.1) is 20.2 Å². The molecule has 0 N–H and O–H groups in total. The molecular formula is C16H14N2O5. The number of nitro benzene ring substituents is 1. The Morgan fingerprint density at radius 1 is 0.957 bits per heavy atom. The van der Waals surface area contributed by atoms with Gasteiger partial charge in [-0.05, 0) is 5.56 Å². The van der Waals surface area contributed by atoms with Gasteiger partial charge in [0.15, 0.2) is 5.78 Å². The minimum atomic E-state index is -0.626. The van der Waals surface area contributed by atoms with Crippen LogP contribution in [0.4, 0.5) is 5.69 Å². The predicted molar refractivity (Wildman–Crippen MR) is 83.1 cm³/mol. The van der Waals surface area contributed by atoms with Gasteiger partial charge >= 0.3 is 0 Å². The van der Waals surface area contributed by atoms with Crippen molar-refractivity contribution >= 4 is 11.5 Å². The maximum atomic E-state index is 12.3. The molecule has 0 spiro atoms. The number of Topliss-reactive ketones (excluding diaryl/α,β-unsaturated/α-hetero) is 1. The third-order valence-electron chi connectivity index (χ3n) is 3.47. The van der Waals surface area contributed by atoms with Crippen molar-refractivity contribution in [2.75, 3.05) is 6.54 Å². The third-order valence-corrected chi connectivity index (χ3v) is 3.47. The minimum Gasteiger partial charge on any atom is -0.294 e. The molecule has 7 heteroatoms. The highest BCUT2D eigenvalue weighted by atomic mass is 16.6. The first-order valence-electron chi connectivity index (χ1n) is 6.92. The Labute approximate surface area is 131 Å². The van der Waals surface area contributed by atoms with E-state index < -0.39 is 22.3 Å². The zero-order valence-electron chi connectivity index (χ0n) is 12.1. The summed E-state index contributed by atoms with van der Waals surface area (Å²) in [5.41, 5.74) is 0.933. The first-order chi connectivity index (χ1) is 11.0. The van der Waals surface area contributed by atoms with Crippen LogP contribution in [0.5, 0.6) is 0 Å². The molecule has 23 heavy (non-hydrogen) atoms. The van der Waals surface area contributed by atoms with Crippen LogP contribution < -0.4 is 0 Å². The van der Waals surface area contributed by atoms with E-state index in [9.17, 15) is 25.0 Å². The first kappa shape index (κ1) is 16.3. The summed E-state index contributed by atoms with van der Waals surface area (Å²) in [5, 5.41) is 21.5. The number of non-ortho nitro benzene ring substituents is 1. The Balaban J connectivity index is 2.21. The van der Waals surface area contributed by atoms with E-state index in [-0.39, 0.29) is 17.9 Å². The van der Waals surface area contributed by atoms with Crippen molar-refractivity contribution in [2.45, 2.75) is 12.3 Å². The summed E-state index contributed by atoms with van der Waals surface area (Å²) in [5.74, 6) is -0.825. The van der Waals surface area contributed by atoms with Gasteiger partial charge in [0, 0.05) is 29.0 Å². The molecule has 0 saturated heterocycles. The van der Waals surface area contributed by atoms with Crippen LogP contribution in [0.25, 0.3) is 0 Å². The number of ketones is 1. The molecule has 0 fully saturated rings. The zero-order chi connectivity index (χ0) is 16.8. The van der Waals surface area contributed by atoms with Crippen molar-refractivity contribution < 1.29 is 14.6 Å². The molecule has 1 unspecified atom stereocenters. The quantitative estimate of drug-likeness (QED) is 0.443. The van der Waals surface area contributed by atoms with Crippen LogP contribution >= 0.6 is 0 Å². The Morgan fingerprint density at radius 2 is 1.57 bits per heavy atom. The second kappa shape index (κ2) is 7.26. The van der Waals surface area contributed by atoms with Crippen molar-refractivity contribution in [1.82, 2.24) is 0 Å². The summed E-state index contributed by atoms with van der Waals surface area (Å²) in [6.45, 7) is -0.406. The Morgan fingerprint density at radius 3 is 2.09 bits per heavy atom. The fraction of sp³-hybridized carbons (Fsp3) is 0.188. The molecule has 2 rings (SSSR count). The summed E-state index contributed by atoms with van der Waals surface area (Å²) in [7, 11) is 0. The summed E-state index contributed by atoms with van der Waals surface area (Å²) in [4.78, 5) is 32.8. The molecule has 0 amide bonds. The summed E-state index contributed by atoms with van der Waals surface area (Å²) >= 11 is 0. The first-order valence-corrected chi connectivity index (χ1v) is 6.92. The molecule has 0 heterocycles. The molecule has 0 aliphatic carbocycles. The molecule has 0 aliphatic heterocycles. The lowest BCUT2D eigenvalue weighted by atomic mass is 9.91. The molecule has 0 bridgehead atoms. The monoisotopic (exact) mass is 314 g/mol. The van der Waals surface area contributed by atoms with E-state index in [1.54, 1.807) is 30.3 Å². The van der Waals surface area contributed by atoms with Crippen LogP contribution in [0.3, 0.4) is 0 Å². The van der Waals surface area contributed by atoms with Crippen molar-refractivity contribution in [3.63, 3.8) is 0 Å². The lowest BCUT2D eigenvalue weighted by Crippen LogP contribution is -2.16. The fourth-order valence-electron chi connectivity index (χ4n) is 2.30. The average Bonchev–Trinajstić information content (AvgIpc) is 2.54. The smallest absolute Gasteiger partial charge is 0.269 e. The summed E-state index contributed by atoms with van der Waals surface area (Å²) < 4.78 is 0. The maximum absolute atomic E-state index is 12.3. The van der Waals surface area contributed by atoms with Gasteiger partial charge in [-0.3, -0.25) is 25.0 Å². The third kappa shape index (κ3) is 4.44. The number of hydrogen-bond acceptors (Lipinski definition) is 5. The second-order valence-electron chi connectivity index (χ2n) is 5.05. The lowest BCUT2D eigenvalue weighted by molar-refractivity contribution is -0.483. The average molecular weight is 314 g/mol. The Bertz CT molecular complexity index is 713. The Hall–Kier alpha value is -3.09. The number of carbonyl (C=O) groups excluding carboxylic acids is 1. The summed E-state index contributed by atoms with van der Waals surface area (Å²) in [6.07, 6.45) is -0.0250. The largest absolute Gasteiger partial charge is 0.294 e. The van der Waals surface area contributed by atoms with Gasteiger partial charge < -0.3 is 0 Å². The minimum absolute atomic E-state index is 0.0250. The van der Waals surface area contributed by atoms with Gasteiger partial charge in [0.05, 0.1) is 10.8 Å². The molecule has 7 nitrogen and oxygen atoms in total. The van der Waals surface area contributed by atoms with Crippen molar-refractivity contribution in [2.24, 2.45) is 0 Å². The number of benzene rings is 2. The van der Waals surface area contributed by atoms with Gasteiger partial charge in [0.2, 0.25) is 6.54 Å². The lowest BCUT2D eigenvalue weighted by Gasteiger charge is -2.12. The number of carbonyl (C=O) groups is 1. The topological polar surface area (TPSA) is 103 Å². The van der Waals surface area contributed by atoms with E-state index in [4.69, 9.17) is 0 Å². The molecule has 2 aromatic carbocycles. The number of nitro groups is 2. The highest BCUT2D eigenvalue weighted by molar-refractivity contribution is 5.96. The van der Waals surface area contributed by atoms with E-state index in [0.717, 1.165) is 0 Å². The van der Waals surface area contributed by atoms with Crippen molar-refractivity contribution in [3.8, 4) is 0 Å². The predicted octanol–water partition coefficient (Wildman–Crippen LogP) is 3.23. The standard InChI is InChI=1S/C16H14N2O5/c19-16(13-4-2-1-3-5-13)10-14(11-17(20)21)12-6-8-15(9-7-12)18(22)23/h1-9,14H,10-11H2. The SMILES string of the molecule is O=C(CC(C[N+](=O)[O-])c1ccc([N+](=O)[O-])cc1)c1ccccc1. The van der Waals surface area contributed by atoms with Gasteiger partial charge in [0.1, 0.15) is 0 Å². The molecule has 0 radical (unpaired) electrons. The van der Waals surface area contributed by atoms with Crippen molar-refractivity contribution in [1.29, 1.82) is 0 Å². The van der Waals surface area contributed by atoms with Gasteiger partial charge in [-0.2, -0.15) is 0 Å². The second-order valence-corrected chi connectivity index (χ2v) is 5.05. The number of rotatable bonds is 7. The van der Waals surface area contributed by atoms with E-state index in [0.29, 0.717) is 11.1 Å². The number of hydrogen-bond donors (Lipinski definition) is 0. The molecular weight excluding hydrogens is 300 g/mol. The van der Waals surface area contributed by atoms with Crippen molar-refractivity contribution in [3.05, 3.63) is 86.0 Å². The Kier molecular flexibility index (Phi) is 5.14. The van der Waals surface area contributed by atoms with Gasteiger partial charge in [-0.1, -0.05) is 42.5 Å². The van der Waals surface area contributed by atoms with Crippen LogP contribution in [0.1, 0.15) is 28.3 Å². The normalized spacial score (nSPS) is 11.7. The molecule has 1 atom stereocenters. The maximum Gasteiger partial charge on any atom is 0.269 e. The van der Waals surface area contributed by atoms with Gasteiger partial charge in [0.25, 0.3) is 5.69 Å². The van der Waals surface area contributed by atoms with Crippen LogP contribution in [-0.2, 0) is 0 Å².